The molecule has 0 amide bonds. The molecule has 1 unspecified atom stereocenters. The van der Waals surface area contributed by atoms with Gasteiger partial charge in [0.25, 0.3) is 0 Å². The van der Waals surface area contributed by atoms with Gasteiger partial charge in [-0.2, -0.15) is 8.78 Å². The van der Waals surface area contributed by atoms with Gasteiger partial charge >= 0.3 is 5.66 Å². The fourth-order valence-corrected chi connectivity index (χ4v) is 0.714. The Balaban J connectivity index is 2.99. The molecule has 0 aromatic carbocycles. The fourth-order valence-electron chi connectivity index (χ4n) is 0.565. The molecule has 1 atom stereocenters. The summed E-state index contributed by atoms with van der Waals surface area (Å²) >= 11 is 0. The van der Waals surface area contributed by atoms with Crippen molar-refractivity contribution in [3.63, 3.8) is 0 Å². The van der Waals surface area contributed by atoms with E-state index < -0.39 is 5.66 Å². The van der Waals surface area contributed by atoms with Gasteiger partial charge < -0.3 is 0 Å². The van der Waals surface area contributed by atoms with Gasteiger partial charge in [-0.25, -0.2) is 0 Å². The standard InChI is InChI=1S/C6H7F2N2P/c1-4-2-10-5(3-9-4)6(7,8)11/h2-3H,11H2,1H3. The molecule has 0 saturated carbocycles. The van der Waals surface area contributed by atoms with Gasteiger partial charge in [0.1, 0.15) is 5.69 Å². The molecule has 0 N–H and O–H groups in total. The van der Waals surface area contributed by atoms with Crippen molar-refractivity contribution in [1.29, 1.82) is 0 Å². The van der Waals surface area contributed by atoms with E-state index in [2.05, 4.69) is 9.97 Å². The summed E-state index contributed by atoms with van der Waals surface area (Å²) in [6.07, 6.45) is 2.38. The first-order valence-electron chi connectivity index (χ1n) is 2.96. The van der Waals surface area contributed by atoms with Crippen molar-refractivity contribution in [1.82, 2.24) is 9.97 Å². The Morgan fingerprint density at radius 1 is 1.36 bits per heavy atom. The molecule has 0 radical (unpaired) electrons. The number of rotatable bonds is 1. The highest BCUT2D eigenvalue weighted by atomic mass is 31.0. The van der Waals surface area contributed by atoms with Crippen LogP contribution in [0.25, 0.3) is 0 Å². The molecule has 1 aromatic rings. The zero-order chi connectivity index (χ0) is 8.48. The lowest BCUT2D eigenvalue weighted by atomic mass is 10.4. The molecule has 1 heterocycles. The third kappa shape index (κ3) is 2.15. The van der Waals surface area contributed by atoms with E-state index in [9.17, 15) is 8.78 Å². The zero-order valence-electron chi connectivity index (χ0n) is 5.88. The van der Waals surface area contributed by atoms with Gasteiger partial charge in [-0.15, -0.1) is 0 Å². The van der Waals surface area contributed by atoms with Crippen LogP contribution < -0.4 is 0 Å². The van der Waals surface area contributed by atoms with Gasteiger partial charge in [0.05, 0.1) is 11.9 Å². The van der Waals surface area contributed by atoms with Crippen LogP contribution >= 0.6 is 9.24 Å². The molecular weight excluding hydrogens is 169 g/mol. The summed E-state index contributed by atoms with van der Waals surface area (Å²) in [4.78, 5) is 7.21. The Bertz CT molecular complexity index is 242. The molecule has 1 aromatic heterocycles. The van der Waals surface area contributed by atoms with Crippen LogP contribution in [0.4, 0.5) is 8.78 Å². The predicted octanol–water partition coefficient (Wildman–Crippen LogP) is 1.71. The van der Waals surface area contributed by atoms with Crippen molar-refractivity contribution in [3.8, 4) is 0 Å². The van der Waals surface area contributed by atoms with Crippen LogP contribution in [0.3, 0.4) is 0 Å². The zero-order valence-corrected chi connectivity index (χ0v) is 7.04. The molecular formula is C6H7F2N2P. The van der Waals surface area contributed by atoms with E-state index in [1.165, 1.54) is 15.4 Å². The smallest absolute Gasteiger partial charge is 0.258 e. The molecule has 0 saturated heterocycles. The quantitative estimate of drug-likeness (QED) is 0.608. The number of hydrogen-bond acceptors (Lipinski definition) is 2. The van der Waals surface area contributed by atoms with Crippen molar-refractivity contribution in [2.75, 3.05) is 0 Å². The highest BCUT2D eigenvalue weighted by Crippen LogP contribution is 2.32. The maximum atomic E-state index is 12.4. The summed E-state index contributed by atoms with van der Waals surface area (Å²) in [6, 6.07) is 0. The topological polar surface area (TPSA) is 25.8 Å². The summed E-state index contributed by atoms with van der Waals surface area (Å²) in [5.41, 5.74) is -2.67. The Hall–Kier alpha value is -0.630. The van der Waals surface area contributed by atoms with Gasteiger partial charge in [-0.3, -0.25) is 9.97 Å². The van der Waals surface area contributed by atoms with Crippen LogP contribution in [-0.4, -0.2) is 9.97 Å². The third-order valence-corrected chi connectivity index (χ3v) is 1.42. The van der Waals surface area contributed by atoms with Crippen LogP contribution in [-0.2, 0) is 5.66 Å². The first-order valence-corrected chi connectivity index (χ1v) is 3.53. The Kier molecular flexibility index (Phi) is 2.14. The maximum Gasteiger partial charge on any atom is 0.301 e. The minimum Gasteiger partial charge on any atom is -0.258 e. The maximum absolute atomic E-state index is 12.4. The monoisotopic (exact) mass is 176 g/mol. The number of nitrogens with zero attached hydrogens (tertiary/aromatic N) is 2. The molecule has 0 fully saturated rings. The van der Waals surface area contributed by atoms with E-state index >= 15 is 0 Å². The van der Waals surface area contributed by atoms with E-state index in [1.54, 1.807) is 6.92 Å². The van der Waals surface area contributed by atoms with Gasteiger partial charge in [0, 0.05) is 6.20 Å². The number of aryl methyl sites for hydroxylation is 1. The Labute approximate surface area is 65.3 Å². The molecule has 0 spiro atoms. The molecule has 11 heavy (non-hydrogen) atoms. The van der Waals surface area contributed by atoms with Crippen molar-refractivity contribution >= 4 is 9.24 Å². The summed E-state index contributed by atoms with van der Waals surface area (Å²) in [5.74, 6) is 0. The van der Waals surface area contributed by atoms with Crippen LogP contribution in [0.1, 0.15) is 11.4 Å². The van der Waals surface area contributed by atoms with E-state index in [4.69, 9.17) is 0 Å². The van der Waals surface area contributed by atoms with E-state index in [-0.39, 0.29) is 5.69 Å². The Morgan fingerprint density at radius 2 is 2.00 bits per heavy atom. The van der Waals surface area contributed by atoms with Crippen LogP contribution in [0.15, 0.2) is 12.4 Å². The first-order chi connectivity index (χ1) is 5.00. The van der Waals surface area contributed by atoms with Crippen LogP contribution in [0.2, 0.25) is 0 Å². The van der Waals surface area contributed by atoms with Gasteiger partial charge in [0.2, 0.25) is 0 Å². The summed E-state index contributed by atoms with van der Waals surface area (Å²) in [7, 11) is 1.41. The van der Waals surface area contributed by atoms with Crippen LogP contribution in [0, 0.1) is 6.92 Å². The van der Waals surface area contributed by atoms with Crippen molar-refractivity contribution < 1.29 is 8.78 Å². The highest BCUT2D eigenvalue weighted by molar-refractivity contribution is 7.17. The normalized spacial score (nSPS) is 11.6. The summed E-state index contributed by atoms with van der Waals surface area (Å²) < 4.78 is 24.9. The lowest BCUT2D eigenvalue weighted by Crippen LogP contribution is -2.06. The summed E-state index contributed by atoms with van der Waals surface area (Å²) in [6.45, 7) is 1.69. The summed E-state index contributed by atoms with van der Waals surface area (Å²) in [5, 5.41) is 0. The second-order valence-electron chi connectivity index (χ2n) is 2.17. The molecule has 0 aliphatic heterocycles. The van der Waals surface area contributed by atoms with Gasteiger partial charge in [-0.05, 0) is 6.92 Å². The highest BCUT2D eigenvalue weighted by Gasteiger charge is 2.26. The molecule has 2 nitrogen and oxygen atoms in total. The molecule has 1 rings (SSSR count). The van der Waals surface area contributed by atoms with Crippen molar-refractivity contribution in [2.45, 2.75) is 12.6 Å². The number of hydrogen-bond donors (Lipinski definition) is 0. The van der Waals surface area contributed by atoms with Gasteiger partial charge in [0.15, 0.2) is 0 Å². The predicted molar refractivity (Wildman–Crippen MR) is 40.4 cm³/mol. The number of halogens is 2. The average molecular weight is 176 g/mol. The average Bonchev–Trinajstić information content (AvgIpc) is 1.86. The first kappa shape index (κ1) is 8.47. The minimum atomic E-state index is -2.97. The minimum absolute atomic E-state index is 0.326. The lowest BCUT2D eigenvalue weighted by Gasteiger charge is -2.07. The van der Waals surface area contributed by atoms with Gasteiger partial charge in [-0.1, -0.05) is 9.24 Å². The molecule has 5 heteroatoms. The van der Waals surface area contributed by atoms with E-state index in [1.807, 2.05) is 0 Å². The SMILES string of the molecule is Cc1cnc(C(F)(F)P)cn1. The van der Waals surface area contributed by atoms with Crippen molar-refractivity contribution in [2.24, 2.45) is 0 Å². The second-order valence-corrected chi connectivity index (χ2v) is 2.89. The number of aromatic nitrogens is 2. The molecule has 0 aliphatic rings. The molecule has 0 bridgehead atoms. The second kappa shape index (κ2) is 2.78. The van der Waals surface area contributed by atoms with E-state index in [0.717, 1.165) is 6.20 Å². The molecule has 0 aliphatic carbocycles. The number of alkyl halides is 2. The fraction of sp³-hybridized carbons (Fsp3) is 0.333. The van der Waals surface area contributed by atoms with E-state index in [0.29, 0.717) is 5.69 Å². The molecule has 60 valence electrons. The third-order valence-electron chi connectivity index (χ3n) is 1.12. The largest absolute Gasteiger partial charge is 0.301 e. The lowest BCUT2D eigenvalue weighted by molar-refractivity contribution is 0.0981. The Morgan fingerprint density at radius 3 is 2.36 bits per heavy atom. The van der Waals surface area contributed by atoms with Crippen molar-refractivity contribution in [3.05, 3.63) is 23.8 Å². The van der Waals surface area contributed by atoms with Crippen LogP contribution in [0.5, 0.6) is 0 Å².